The standard InChI is InChI=1S/C10H13ClN2O2/c11-7-5-9(12-6-7)10(15)13-3-1-8(14)2-4-13/h5-6,8,12,14H,1-4H2. The number of hydrogen-bond acceptors (Lipinski definition) is 2. The highest BCUT2D eigenvalue weighted by molar-refractivity contribution is 6.30. The van der Waals surface area contributed by atoms with Crippen LogP contribution in [0.15, 0.2) is 12.3 Å². The number of halogens is 1. The molecular formula is C10H13ClN2O2. The van der Waals surface area contributed by atoms with Gasteiger partial charge in [-0.1, -0.05) is 11.6 Å². The molecule has 82 valence electrons. The van der Waals surface area contributed by atoms with Gasteiger partial charge in [0, 0.05) is 19.3 Å². The Morgan fingerprint density at radius 1 is 1.53 bits per heavy atom. The topological polar surface area (TPSA) is 56.3 Å². The van der Waals surface area contributed by atoms with Crippen molar-refractivity contribution in [3.05, 3.63) is 23.0 Å². The number of amides is 1. The molecule has 2 heterocycles. The third-order valence-corrected chi connectivity index (χ3v) is 2.85. The average molecular weight is 229 g/mol. The summed E-state index contributed by atoms with van der Waals surface area (Å²) in [6, 6.07) is 1.62. The van der Waals surface area contributed by atoms with E-state index in [1.807, 2.05) is 0 Å². The lowest BCUT2D eigenvalue weighted by Gasteiger charge is -2.29. The number of carbonyl (C=O) groups is 1. The van der Waals surface area contributed by atoms with Crippen LogP contribution in [0.5, 0.6) is 0 Å². The summed E-state index contributed by atoms with van der Waals surface area (Å²) in [5.41, 5.74) is 0.511. The molecule has 1 amide bonds. The Kier molecular flexibility index (Phi) is 2.98. The second kappa shape index (κ2) is 4.24. The van der Waals surface area contributed by atoms with E-state index in [0.29, 0.717) is 36.6 Å². The maximum atomic E-state index is 11.9. The summed E-state index contributed by atoms with van der Waals surface area (Å²) < 4.78 is 0. The van der Waals surface area contributed by atoms with Gasteiger partial charge in [0.15, 0.2) is 0 Å². The lowest BCUT2D eigenvalue weighted by atomic mass is 10.1. The first-order valence-corrected chi connectivity index (χ1v) is 5.36. The summed E-state index contributed by atoms with van der Waals surface area (Å²) in [5, 5.41) is 9.85. The highest BCUT2D eigenvalue weighted by Gasteiger charge is 2.22. The molecule has 1 aromatic rings. The van der Waals surface area contributed by atoms with E-state index in [4.69, 9.17) is 11.6 Å². The molecule has 0 saturated carbocycles. The Labute approximate surface area is 92.8 Å². The van der Waals surface area contributed by atoms with Crippen molar-refractivity contribution in [1.29, 1.82) is 0 Å². The van der Waals surface area contributed by atoms with Crippen LogP contribution in [0.25, 0.3) is 0 Å². The zero-order chi connectivity index (χ0) is 10.8. The molecule has 15 heavy (non-hydrogen) atoms. The lowest BCUT2D eigenvalue weighted by Crippen LogP contribution is -2.40. The first-order chi connectivity index (χ1) is 7.16. The SMILES string of the molecule is O=C(c1cc(Cl)c[nH]1)N1CCC(O)CC1. The number of aliphatic hydroxyl groups is 1. The Bertz CT molecular complexity index is 356. The summed E-state index contributed by atoms with van der Waals surface area (Å²) in [5.74, 6) is -0.0474. The van der Waals surface area contributed by atoms with Crippen LogP contribution in [0.2, 0.25) is 5.02 Å². The van der Waals surface area contributed by atoms with Gasteiger partial charge in [0.2, 0.25) is 0 Å². The molecule has 2 N–H and O–H groups in total. The van der Waals surface area contributed by atoms with E-state index in [1.165, 1.54) is 0 Å². The Morgan fingerprint density at radius 2 is 2.20 bits per heavy atom. The molecule has 1 fully saturated rings. The predicted molar refractivity (Wildman–Crippen MR) is 56.9 cm³/mol. The molecule has 0 aromatic carbocycles. The van der Waals surface area contributed by atoms with Gasteiger partial charge in [-0.2, -0.15) is 0 Å². The van der Waals surface area contributed by atoms with Crippen LogP contribution in [0.3, 0.4) is 0 Å². The number of nitrogens with zero attached hydrogens (tertiary/aromatic N) is 1. The number of aromatic amines is 1. The van der Waals surface area contributed by atoms with E-state index in [9.17, 15) is 9.90 Å². The number of aromatic nitrogens is 1. The zero-order valence-electron chi connectivity index (χ0n) is 8.24. The normalized spacial score (nSPS) is 18.1. The Balaban J connectivity index is 2.02. The number of aliphatic hydroxyl groups excluding tert-OH is 1. The molecule has 4 nitrogen and oxygen atoms in total. The smallest absolute Gasteiger partial charge is 0.270 e. The van der Waals surface area contributed by atoms with E-state index in [-0.39, 0.29) is 12.0 Å². The fraction of sp³-hybridized carbons (Fsp3) is 0.500. The van der Waals surface area contributed by atoms with Gasteiger partial charge in [0.25, 0.3) is 5.91 Å². The molecule has 0 spiro atoms. The summed E-state index contributed by atoms with van der Waals surface area (Å²) in [7, 11) is 0. The van der Waals surface area contributed by atoms with Crippen molar-refractivity contribution in [3.63, 3.8) is 0 Å². The quantitative estimate of drug-likeness (QED) is 0.761. The molecule has 0 unspecified atom stereocenters. The number of carbonyl (C=O) groups excluding carboxylic acids is 1. The first-order valence-electron chi connectivity index (χ1n) is 4.98. The molecule has 2 rings (SSSR count). The molecule has 0 radical (unpaired) electrons. The fourth-order valence-corrected chi connectivity index (χ4v) is 1.89. The molecule has 0 bridgehead atoms. The second-order valence-electron chi connectivity index (χ2n) is 3.75. The number of H-pyrrole nitrogens is 1. The number of nitrogens with one attached hydrogen (secondary N) is 1. The molecule has 0 atom stereocenters. The van der Waals surface area contributed by atoms with Crippen molar-refractivity contribution in [2.45, 2.75) is 18.9 Å². The van der Waals surface area contributed by atoms with E-state index in [2.05, 4.69) is 4.98 Å². The van der Waals surface area contributed by atoms with Crippen LogP contribution in [-0.2, 0) is 0 Å². The van der Waals surface area contributed by atoms with Gasteiger partial charge in [-0.25, -0.2) is 0 Å². The van der Waals surface area contributed by atoms with E-state index in [0.717, 1.165) is 0 Å². The molecule has 1 aromatic heterocycles. The van der Waals surface area contributed by atoms with Crippen LogP contribution in [0.4, 0.5) is 0 Å². The molecule has 5 heteroatoms. The number of hydrogen-bond donors (Lipinski definition) is 2. The third-order valence-electron chi connectivity index (χ3n) is 2.63. The molecule has 1 saturated heterocycles. The van der Waals surface area contributed by atoms with Crippen LogP contribution in [0, 0.1) is 0 Å². The van der Waals surface area contributed by atoms with E-state index < -0.39 is 0 Å². The third kappa shape index (κ3) is 2.33. The number of rotatable bonds is 1. The van der Waals surface area contributed by atoms with Crippen LogP contribution >= 0.6 is 11.6 Å². The van der Waals surface area contributed by atoms with Gasteiger partial charge in [-0.3, -0.25) is 4.79 Å². The minimum absolute atomic E-state index is 0.0474. The second-order valence-corrected chi connectivity index (χ2v) is 4.19. The summed E-state index contributed by atoms with van der Waals surface area (Å²) >= 11 is 5.72. The Hall–Kier alpha value is -1.00. The molecular weight excluding hydrogens is 216 g/mol. The predicted octanol–water partition coefficient (Wildman–Crippen LogP) is 1.26. The summed E-state index contributed by atoms with van der Waals surface area (Å²) in [4.78, 5) is 16.4. The van der Waals surface area contributed by atoms with E-state index >= 15 is 0 Å². The number of piperidine rings is 1. The van der Waals surface area contributed by atoms with Gasteiger partial charge in [0.05, 0.1) is 11.1 Å². The minimum atomic E-state index is -0.263. The van der Waals surface area contributed by atoms with Crippen molar-refractivity contribution in [2.75, 3.05) is 13.1 Å². The highest BCUT2D eigenvalue weighted by Crippen LogP contribution is 2.15. The maximum Gasteiger partial charge on any atom is 0.270 e. The van der Waals surface area contributed by atoms with Gasteiger partial charge in [-0.15, -0.1) is 0 Å². The van der Waals surface area contributed by atoms with Crippen LogP contribution in [-0.4, -0.2) is 40.1 Å². The molecule has 1 aliphatic heterocycles. The maximum absolute atomic E-state index is 11.9. The number of likely N-dealkylation sites (tertiary alicyclic amines) is 1. The van der Waals surface area contributed by atoms with Gasteiger partial charge >= 0.3 is 0 Å². The fourth-order valence-electron chi connectivity index (χ4n) is 1.73. The largest absolute Gasteiger partial charge is 0.393 e. The van der Waals surface area contributed by atoms with Crippen molar-refractivity contribution in [3.8, 4) is 0 Å². The average Bonchev–Trinajstić information content (AvgIpc) is 2.65. The van der Waals surface area contributed by atoms with Crippen LogP contribution in [0.1, 0.15) is 23.3 Å². The van der Waals surface area contributed by atoms with Crippen LogP contribution < -0.4 is 0 Å². The summed E-state index contributed by atoms with van der Waals surface area (Å²) in [6.45, 7) is 1.22. The minimum Gasteiger partial charge on any atom is -0.393 e. The highest BCUT2D eigenvalue weighted by atomic mass is 35.5. The first kappa shape index (κ1) is 10.5. The van der Waals surface area contributed by atoms with Crippen molar-refractivity contribution < 1.29 is 9.90 Å². The Morgan fingerprint density at radius 3 is 2.73 bits per heavy atom. The van der Waals surface area contributed by atoms with Crippen molar-refractivity contribution in [2.24, 2.45) is 0 Å². The van der Waals surface area contributed by atoms with Crippen molar-refractivity contribution in [1.82, 2.24) is 9.88 Å². The molecule has 0 aliphatic carbocycles. The lowest BCUT2D eigenvalue weighted by molar-refractivity contribution is 0.0542. The van der Waals surface area contributed by atoms with Gasteiger partial charge in [0.1, 0.15) is 5.69 Å². The van der Waals surface area contributed by atoms with Crippen molar-refractivity contribution >= 4 is 17.5 Å². The zero-order valence-corrected chi connectivity index (χ0v) is 9.00. The van der Waals surface area contributed by atoms with Gasteiger partial charge in [-0.05, 0) is 18.9 Å². The van der Waals surface area contributed by atoms with E-state index in [1.54, 1.807) is 17.2 Å². The summed E-state index contributed by atoms with van der Waals surface area (Å²) in [6.07, 6.45) is 2.63. The molecule has 1 aliphatic rings. The monoisotopic (exact) mass is 228 g/mol. The van der Waals surface area contributed by atoms with Gasteiger partial charge < -0.3 is 15.0 Å².